The Labute approximate surface area is 134 Å². The van der Waals surface area contributed by atoms with E-state index in [1.807, 2.05) is 6.07 Å². The second-order valence-electron chi connectivity index (χ2n) is 6.74. The Kier molecular flexibility index (Phi) is 3.53. The molecule has 5 heteroatoms. The van der Waals surface area contributed by atoms with Crippen LogP contribution in [0.15, 0.2) is 24.3 Å². The van der Waals surface area contributed by atoms with Gasteiger partial charge in [0.1, 0.15) is 5.82 Å². The van der Waals surface area contributed by atoms with Gasteiger partial charge in [0.2, 0.25) is 0 Å². The molecular formula is C18H20FN3O. The van der Waals surface area contributed by atoms with Crippen molar-refractivity contribution in [3.63, 3.8) is 0 Å². The molecular weight excluding hydrogens is 293 g/mol. The lowest BCUT2D eigenvalue weighted by molar-refractivity contribution is 0.0952. The van der Waals surface area contributed by atoms with Crippen molar-refractivity contribution in [2.75, 3.05) is 6.54 Å². The lowest BCUT2D eigenvalue weighted by atomic mass is 10.0. The number of carbonyl (C=O) groups excluding carboxylic acids is 1. The van der Waals surface area contributed by atoms with Crippen LogP contribution in [0, 0.1) is 11.7 Å². The maximum absolute atomic E-state index is 13.6. The van der Waals surface area contributed by atoms with Gasteiger partial charge in [-0.3, -0.25) is 9.78 Å². The van der Waals surface area contributed by atoms with Crippen molar-refractivity contribution in [3.8, 4) is 0 Å². The molecule has 0 aliphatic heterocycles. The van der Waals surface area contributed by atoms with Crippen molar-refractivity contribution >= 4 is 16.8 Å². The van der Waals surface area contributed by atoms with Crippen LogP contribution in [0.25, 0.3) is 10.9 Å². The average molecular weight is 313 g/mol. The number of pyridine rings is 1. The summed E-state index contributed by atoms with van der Waals surface area (Å²) in [6.45, 7) is 0.460. The Morgan fingerprint density at radius 1 is 1.30 bits per heavy atom. The van der Waals surface area contributed by atoms with E-state index in [1.165, 1.54) is 12.1 Å². The molecule has 2 aliphatic rings. The number of nitrogens with zero attached hydrogens (tertiary/aromatic N) is 1. The van der Waals surface area contributed by atoms with Crippen molar-refractivity contribution in [1.82, 2.24) is 10.3 Å². The molecule has 4 nitrogen and oxygen atoms in total. The first-order chi connectivity index (χ1) is 11.1. The normalized spacial score (nSPS) is 18.9. The van der Waals surface area contributed by atoms with Crippen LogP contribution < -0.4 is 11.1 Å². The third kappa shape index (κ3) is 3.06. The largest absolute Gasteiger partial charge is 0.350 e. The molecule has 2 aliphatic carbocycles. The Morgan fingerprint density at radius 3 is 2.78 bits per heavy atom. The van der Waals surface area contributed by atoms with E-state index in [9.17, 15) is 9.18 Å². The van der Waals surface area contributed by atoms with Gasteiger partial charge in [0.25, 0.3) is 5.91 Å². The van der Waals surface area contributed by atoms with Gasteiger partial charge < -0.3 is 11.1 Å². The monoisotopic (exact) mass is 313 g/mol. The van der Waals surface area contributed by atoms with Crippen molar-refractivity contribution in [2.24, 2.45) is 11.7 Å². The zero-order valence-corrected chi connectivity index (χ0v) is 12.9. The summed E-state index contributed by atoms with van der Waals surface area (Å²) in [6, 6.07) is 6.23. The highest BCUT2D eigenvalue weighted by Crippen LogP contribution is 2.40. The van der Waals surface area contributed by atoms with E-state index in [0.717, 1.165) is 31.4 Å². The number of amides is 1. The minimum Gasteiger partial charge on any atom is -0.350 e. The topological polar surface area (TPSA) is 68.0 Å². The predicted octanol–water partition coefficient (Wildman–Crippen LogP) is 2.72. The van der Waals surface area contributed by atoms with Gasteiger partial charge in [-0.05, 0) is 55.9 Å². The van der Waals surface area contributed by atoms with Crippen molar-refractivity contribution in [2.45, 2.75) is 37.6 Å². The summed E-state index contributed by atoms with van der Waals surface area (Å²) in [5.41, 5.74) is 8.15. The Morgan fingerprint density at radius 2 is 2.09 bits per heavy atom. The van der Waals surface area contributed by atoms with Gasteiger partial charge in [-0.1, -0.05) is 0 Å². The van der Waals surface area contributed by atoms with E-state index in [0.29, 0.717) is 34.8 Å². The number of benzene rings is 1. The quantitative estimate of drug-likeness (QED) is 0.892. The third-order valence-electron chi connectivity index (χ3n) is 4.76. The van der Waals surface area contributed by atoms with Crippen LogP contribution in [0.2, 0.25) is 0 Å². The third-order valence-corrected chi connectivity index (χ3v) is 4.76. The summed E-state index contributed by atoms with van der Waals surface area (Å²) in [6.07, 6.45) is 4.50. The summed E-state index contributed by atoms with van der Waals surface area (Å²) in [7, 11) is 0. The van der Waals surface area contributed by atoms with Gasteiger partial charge in [0, 0.05) is 29.6 Å². The standard InChI is InChI=1S/C18H20FN3O/c19-12-5-6-16-13(7-12)14(8-17(22-16)11-3-4-11)18(23)21-9-15(20)10-1-2-10/h5-8,10-11,15H,1-4,9,20H2,(H,21,23). The fraction of sp³-hybridized carbons (Fsp3) is 0.444. The van der Waals surface area contributed by atoms with Gasteiger partial charge in [0.15, 0.2) is 0 Å². The van der Waals surface area contributed by atoms with Gasteiger partial charge in [0.05, 0.1) is 11.1 Å². The maximum atomic E-state index is 13.6. The van der Waals surface area contributed by atoms with Crippen molar-refractivity contribution in [3.05, 3.63) is 41.3 Å². The number of nitrogens with two attached hydrogens (primary N) is 1. The molecule has 23 heavy (non-hydrogen) atoms. The SMILES string of the molecule is NC(CNC(=O)c1cc(C2CC2)nc2ccc(F)cc12)C1CC1. The van der Waals surface area contributed by atoms with E-state index in [2.05, 4.69) is 10.3 Å². The lowest BCUT2D eigenvalue weighted by Crippen LogP contribution is -2.38. The van der Waals surface area contributed by atoms with Crippen LogP contribution in [0.5, 0.6) is 0 Å². The molecule has 0 saturated heterocycles. The minimum atomic E-state index is -0.359. The number of hydrogen-bond acceptors (Lipinski definition) is 3. The van der Waals surface area contributed by atoms with E-state index < -0.39 is 0 Å². The first kappa shape index (κ1) is 14.6. The zero-order valence-electron chi connectivity index (χ0n) is 12.9. The van der Waals surface area contributed by atoms with E-state index in [-0.39, 0.29) is 17.8 Å². The summed E-state index contributed by atoms with van der Waals surface area (Å²) in [4.78, 5) is 17.2. The molecule has 0 radical (unpaired) electrons. The second kappa shape index (κ2) is 5.57. The van der Waals surface area contributed by atoms with Crippen LogP contribution in [0.4, 0.5) is 4.39 Å². The molecule has 4 rings (SSSR count). The summed E-state index contributed by atoms with van der Waals surface area (Å²) in [5, 5.41) is 3.47. The molecule has 1 atom stereocenters. The molecule has 1 aromatic carbocycles. The number of fused-ring (bicyclic) bond motifs is 1. The van der Waals surface area contributed by atoms with Crippen LogP contribution in [-0.2, 0) is 0 Å². The highest BCUT2D eigenvalue weighted by molar-refractivity contribution is 6.06. The zero-order chi connectivity index (χ0) is 16.0. The van der Waals surface area contributed by atoms with Gasteiger partial charge in [-0.2, -0.15) is 0 Å². The number of hydrogen-bond donors (Lipinski definition) is 2. The van der Waals surface area contributed by atoms with Crippen LogP contribution in [0.1, 0.15) is 47.7 Å². The molecule has 2 fully saturated rings. The molecule has 2 aromatic rings. The second-order valence-corrected chi connectivity index (χ2v) is 6.74. The molecule has 1 heterocycles. The number of nitrogens with one attached hydrogen (secondary N) is 1. The smallest absolute Gasteiger partial charge is 0.252 e. The molecule has 1 aromatic heterocycles. The van der Waals surface area contributed by atoms with Crippen LogP contribution in [-0.4, -0.2) is 23.5 Å². The lowest BCUT2D eigenvalue weighted by Gasteiger charge is -2.13. The molecule has 0 bridgehead atoms. The molecule has 1 unspecified atom stereocenters. The molecule has 2 saturated carbocycles. The summed E-state index contributed by atoms with van der Waals surface area (Å²) >= 11 is 0. The molecule has 120 valence electrons. The van der Waals surface area contributed by atoms with Gasteiger partial charge in [-0.15, -0.1) is 0 Å². The Bertz CT molecular complexity index is 768. The van der Waals surface area contributed by atoms with Crippen molar-refractivity contribution in [1.29, 1.82) is 0 Å². The maximum Gasteiger partial charge on any atom is 0.252 e. The summed E-state index contributed by atoms with van der Waals surface area (Å²) < 4.78 is 13.6. The number of aromatic nitrogens is 1. The minimum absolute atomic E-state index is 0.00619. The van der Waals surface area contributed by atoms with E-state index in [1.54, 1.807) is 6.07 Å². The number of rotatable bonds is 5. The number of carbonyl (C=O) groups is 1. The van der Waals surface area contributed by atoms with Crippen LogP contribution >= 0.6 is 0 Å². The first-order valence-corrected chi connectivity index (χ1v) is 8.26. The average Bonchev–Trinajstić information content (AvgIpc) is 3.41. The first-order valence-electron chi connectivity index (χ1n) is 8.26. The van der Waals surface area contributed by atoms with E-state index >= 15 is 0 Å². The predicted molar refractivity (Wildman–Crippen MR) is 86.7 cm³/mol. The van der Waals surface area contributed by atoms with Crippen LogP contribution in [0.3, 0.4) is 0 Å². The summed E-state index contributed by atoms with van der Waals surface area (Å²) in [5.74, 6) is 0.414. The fourth-order valence-electron chi connectivity index (χ4n) is 2.99. The molecule has 1 amide bonds. The number of halogens is 1. The molecule has 3 N–H and O–H groups in total. The van der Waals surface area contributed by atoms with E-state index in [4.69, 9.17) is 5.73 Å². The molecule has 0 spiro atoms. The van der Waals surface area contributed by atoms with Crippen molar-refractivity contribution < 1.29 is 9.18 Å². The highest BCUT2D eigenvalue weighted by atomic mass is 19.1. The Balaban J connectivity index is 1.65. The Hall–Kier alpha value is -2.01. The fourth-order valence-corrected chi connectivity index (χ4v) is 2.99. The highest BCUT2D eigenvalue weighted by Gasteiger charge is 2.29. The van der Waals surface area contributed by atoms with Gasteiger partial charge in [-0.25, -0.2) is 4.39 Å². The van der Waals surface area contributed by atoms with Gasteiger partial charge >= 0.3 is 0 Å².